The molecule has 0 N–H and O–H groups in total. The number of fused-ring (bicyclic) bond motifs is 8. The van der Waals surface area contributed by atoms with E-state index in [1.807, 2.05) is 11.8 Å². The zero-order valence-electron chi connectivity index (χ0n) is 31.6. The number of benzene rings is 9. The minimum absolute atomic E-state index is 1.16. The Morgan fingerprint density at radius 2 is 0.897 bits per heavy atom. The van der Waals surface area contributed by atoms with Crippen molar-refractivity contribution in [1.82, 2.24) is 9.13 Å². The topological polar surface area (TPSA) is 9.86 Å². The lowest BCUT2D eigenvalue weighted by Gasteiger charge is -2.39. The van der Waals surface area contributed by atoms with Crippen molar-refractivity contribution in [2.45, 2.75) is 9.79 Å². The second-order valence-corrected chi connectivity index (χ2v) is 20.0. The molecule has 2 aromatic heterocycles. The first kappa shape index (κ1) is 33.3. The van der Waals surface area contributed by atoms with Crippen LogP contribution in [-0.4, -0.2) is 17.2 Å². The Labute approximate surface area is 342 Å². The average Bonchev–Trinajstić information content (AvgIpc) is 3.81. The van der Waals surface area contributed by atoms with Crippen LogP contribution in [0, 0.1) is 0 Å². The number of hydrogen-bond donors (Lipinski definition) is 0. The molecule has 58 heavy (non-hydrogen) atoms. The highest BCUT2D eigenvalue weighted by Gasteiger charge is 2.47. The largest absolute Gasteiger partial charge is 0.309 e. The molecule has 1 aliphatic heterocycles. The van der Waals surface area contributed by atoms with Gasteiger partial charge in [0.05, 0.1) is 27.8 Å². The molecule has 0 radical (unpaired) electrons. The second-order valence-electron chi connectivity index (χ2n) is 15.2. The number of aromatic nitrogens is 2. The van der Waals surface area contributed by atoms with Crippen LogP contribution in [0.25, 0.3) is 66.1 Å². The molecule has 0 saturated carbocycles. The van der Waals surface area contributed by atoms with Crippen molar-refractivity contribution in [1.29, 1.82) is 0 Å². The Hall–Kier alpha value is -6.85. The molecule has 0 amide bonds. The van der Waals surface area contributed by atoms with Crippen LogP contribution in [0.5, 0.6) is 0 Å². The number of rotatable bonds is 5. The maximum atomic E-state index is 2.54. The molecule has 0 aliphatic carbocycles. The maximum Gasteiger partial charge on any atom is 0.181 e. The normalized spacial score (nSPS) is 13.2. The molecule has 9 aromatic carbocycles. The van der Waals surface area contributed by atoms with Crippen LogP contribution in [0.15, 0.2) is 228 Å². The van der Waals surface area contributed by atoms with Gasteiger partial charge in [0.2, 0.25) is 0 Å². The molecule has 2 nitrogen and oxygen atoms in total. The highest BCUT2D eigenvalue weighted by molar-refractivity contribution is 8.00. The summed E-state index contributed by atoms with van der Waals surface area (Å²) in [7, 11) is -2.75. The molecule has 4 heteroatoms. The Kier molecular flexibility index (Phi) is 7.52. The van der Waals surface area contributed by atoms with Gasteiger partial charge in [-0.25, -0.2) is 0 Å². The fourth-order valence-electron chi connectivity index (χ4n) is 9.84. The van der Waals surface area contributed by atoms with Crippen molar-refractivity contribution in [3.05, 3.63) is 218 Å². The van der Waals surface area contributed by atoms with E-state index in [1.54, 1.807) is 0 Å². The number of nitrogens with zero attached hydrogens (tertiary/aromatic N) is 2. The summed E-state index contributed by atoms with van der Waals surface area (Å²) >= 11 is 1.91. The van der Waals surface area contributed by atoms with Gasteiger partial charge in [0.15, 0.2) is 8.07 Å². The van der Waals surface area contributed by atoms with Gasteiger partial charge in [-0.3, -0.25) is 0 Å². The average molecular weight is 773 g/mol. The summed E-state index contributed by atoms with van der Waals surface area (Å²) in [4.78, 5) is 2.71. The van der Waals surface area contributed by atoms with Crippen molar-refractivity contribution >= 4 is 84.2 Å². The first-order chi connectivity index (χ1) is 28.8. The van der Waals surface area contributed by atoms with E-state index in [4.69, 9.17) is 0 Å². The predicted molar refractivity (Wildman–Crippen MR) is 248 cm³/mol. The highest BCUT2D eigenvalue weighted by atomic mass is 32.2. The summed E-state index contributed by atoms with van der Waals surface area (Å²) in [6, 6.07) is 81.4. The van der Waals surface area contributed by atoms with Crippen molar-refractivity contribution in [3.8, 4) is 22.5 Å². The predicted octanol–water partition coefficient (Wildman–Crippen LogP) is 11.4. The first-order valence-electron chi connectivity index (χ1n) is 19.9. The standard InChI is InChI=1S/C54H36N2SSi/c1-3-17-37(18-4-1)41-21-7-10-24-46(41)56-48-26-12-9-23-43(48)45-35-38(31-34-49(45)56)55-47-25-11-8-22-42(47)44-33-32-40(36-50(44)55)58(39-19-5-2-6-20-39)53-29-15-13-27-51(53)57-52-28-14-16-30-54(52)58/h1-36H. The molecule has 0 fully saturated rings. The third-order valence-electron chi connectivity index (χ3n) is 12.3. The summed E-state index contributed by atoms with van der Waals surface area (Å²) in [5.41, 5.74) is 9.59. The van der Waals surface area contributed by atoms with Crippen molar-refractivity contribution in [3.63, 3.8) is 0 Å². The minimum atomic E-state index is -2.75. The molecule has 1 aliphatic rings. The van der Waals surface area contributed by atoms with Gasteiger partial charge >= 0.3 is 0 Å². The molecular weight excluding hydrogens is 737 g/mol. The SMILES string of the molecule is c1ccc(-c2ccccc2-n2c3ccccc3c3cc(-n4c5ccccc5c5ccc([Si]6(c7ccccc7)c7ccccc7Sc7ccccc76)cc54)ccc32)cc1. The molecule has 0 spiro atoms. The van der Waals surface area contributed by atoms with Crippen LogP contribution < -0.4 is 20.7 Å². The Morgan fingerprint density at radius 1 is 0.345 bits per heavy atom. The van der Waals surface area contributed by atoms with Crippen molar-refractivity contribution in [2.75, 3.05) is 0 Å². The molecule has 11 aromatic rings. The van der Waals surface area contributed by atoms with Gasteiger partial charge in [0, 0.05) is 42.6 Å². The van der Waals surface area contributed by atoms with Gasteiger partial charge in [-0.15, -0.1) is 0 Å². The van der Waals surface area contributed by atoms with Crippen LogP contribution in [-0.2, 0) is 0 Å². The molecule has 0 bridgehead atoms. The van der Waals surface area contributed by atoms with E-state index in [9.17, 15) is 0 Å². The fraction of sp³-hybridized carbons (Fsp3) is 0. The molecular formula is C54H36N2SSi. The zero-order valence-corrected chi connectivity index (χ0v) is 33.4. The van der Waals surface area contributed by atoms with E-state index in [0.717, 1.165) is 5.69 Å². The minimum Gasteiger partial charge on any atom is -0.309 e. The van der Waals surface area contributed by atoms with Gasteiger partial charge < -0.3 is 9.13 Å². The van der Waals surface area contributed by atoms with Crippen LogP contribution in [0.1, 0.15) is 0 Å². The maximum absolute atomic E-state index is 2.75. The Balaban J connectivity index is 1.14. The summed E-state index contributed by atoms with van der Waals surface area (Å²) in [5.74, 6) is 0. The summed E-state index contributed by atoms with van der Waals surface area (Å²) in [6.45, 7) is 0. The molecule has 0 unspecified atom stereocenters. The summed E-state index contributed by atoms with van der Waals surface area (Å²) < 4.78 is 4.96. The van der Waals surface area contributed by atoms with E-state index in [2.05, 4.69) is 228 Å². The summed E-state index contributed by atoms with van der Waals surface area (Å²) in [6.07, 6.45) is 0. The van der Waals surface area contributed by atoms with E-state index in [0.29, 0.717) is 0 Å². The fourth-order valence-corrected chi connectivity index (χ4v) is 16.8. The van der Waals surface area contributed by atoms with Crippen molar-refractivity contribution in [2.24, 2.45) is 0 Å². The third kappa shape index (κ3) is 4.79. The van der Waals surface area contributed by atoms with E-state index in [1.165, 1.54) is 91.0 Å². The van der Waals surface area contributed by atoms with Gasteiger partial charge in [-0.2, -0.15) is 0 Å². The second kappa shape index (κ2) is 13.1. The van der Waals surface area contributed by atoms with Crippen LogP contribution >= 0.6 is 11.8 Å². The Bertz CT molecular complexity index is 3330. The van der Waals surface area contributed by atoms with E-state index in [-0.39, 0.29) is 0 Å². The monoisotopic (exact) mass is 772 g/mol. The van der Waals surface area contributed by atoms with E-state index < -0.39 is 8.07 Å². The van der Waals surface area contributed by atoms with Crippen LogP contribution in [0.3, 0.4) is 0 Å². The van der Waals surface area contributed by atoms with Gasteiger partial charge in [-0.1, -0.05) is 176 Å². The van der Waals surface area contributed by atoms with Crippen LogP contribution in [0.4, 0.5) is 0 Å². The molecule has 3 heterocycles. The lowest BCUT2D eigenvalue weighted by atomic mass is 10.0. The lowest BCUT2D eigenvalue weighted by molar-refractivity contribution is 1.17. The van der Waals surface area contributed by atoms with E-state index >= 15 is 0 Å². The third-order valence-corrected chi connectivity index (χ3v) is 18.6. The molecule has 272 valence electrons. The quantitative estimate of drug-likeness (QED) is 0.158. The zero-order chi connectivity index (χ0) is 38.2. The number of hydrogen-bond acceptors (Lipinski definition) is 1. The van der Waals surface area contributed by atoms with Crippen molar-refractivity contribution < 1.29 is 0 Å². The molecule has 0 saturated heterocycles. The lowest BCUT2D eigenvalue weighted by Crippen LogP contribution is -2.76. The Morgan fingerprint density at radius 3 is 1.64 bits per heavy atom. The number of para-hydroxylation sites is 3. The van der Waals surface area contributed by atoms with Gasteiger partial charge in [0.25, 0.3) is 0 Å². The highest BCUT2D eigenvalue weighted by Crippen LogP contribution is 2.40. The smallest absolute Gasteiger partial charge is 0.181 e. The summed E-state index contributed by atoms with van der Waals surface area (Å²) in [5, 5.41) is 10.7. The molecule has 0 atom stereocenters. The van der Waals surface area contributed by atoms with Crippen LogP contribution in [0.2, 0.25) is 0 Å². The van der Waals surface area contributed by atoms with Gasteiger partial charge in [-0.05, 0) is 80.9 Å². The molecule has 12 rings (SSSR count). The first-order valence-corrected chi connectivity index (χ1v) is 22.8. The van der Waals surface area contributed by atoms with Gasteiger partial charge in [0.1, 0.15) is 0 Å².